The van der Waals surface area contributed by atoms with Gasteiger partial charge >= 0.3 is 6.03 Å². The van der Waals surface area contributed by atoms with E-state index in [1.165, 1.54) is 0 Å². The van der Waals surface area contributed by atoms with Crippen LogP contribution in [0.4, 0.5) is 4.79 Å². The lowest BCUT2D eigenvalue weighted by Crippen LogP contribution is -2.40. The molecule has 0 aliphatic carbocycles. The van der Waals surface area contributed by atoms with Gasteiger partial charge in [-0.2, -0.15) is 0 Å². The van der Waals surface area contributed by atoms with Crippen LogP contribution in [0, 0.1) is 0 Å². The van der Waals surface area contributed by atoms with Crippen LogP contribution in [0.2, 0.25) is 0 Å². The highest BCUT2D eigenvalue weighted by molar-refractivity contribution is 5.84. The Morgan fingerprint density at radius 2 is 2.00 bits per heavy atom. The van der Waals surface area contributed by atoms with Gasteiger partial charge in [-0.1, -0.05) is 30.3 Å². The Bertz CT molecular complexity index is 521. The number of amides is 3. The molecule has 1 aliphatic rings. The number of hydrogen-bond acceptors (Lipinski definition) is 3. The molecule has 1 aliphatic heterocycles. The van der Waals surface area contributed by atoms with Crippen molar-refractivity contribution in [1.29, 1.82) is 0 Å². The van der Waals surface area contributed by atoms with Gasteiger partial charge in [-0.25, -0.2) is 4.79 Å². The van der Waals surface area contributed by atoms with Crippen molar-refractivity contribution in [2.45, 2.75) is 12.5 Å². The van der Waals surface area contributed by atoms with Crippen molar-refractivity contribution in [3.05, 3.63) is 35.9 Å². The van der Waals surface area contributed by atoms with Crippen LogP contribution in [0.3, 0.4) is 0 Å². The van der Waals surface area contributed by atoms with Crippen LogP contribution in [-0.4, -0.2) is 72.0 Å². The molecule has 2 rings (SSSR count). The first-order valence-corrected chi connectivity index (χ1v) is 7.46. The Kier molecular flexibility index (Phi) is 5.38. The predicted octanol–water partition coefficient (Wildman–Crippen LogP) is 0.936. The number of carbonyl (C=O) groups is 2. The van der Waals surface area contributed by atoms with E-state index in [0.29, 0.717) is 26.1 Å². The summed E-state index contributed by atoms with van der Waals surface area (Å²) in [7, 11) is 3.43. The lowest BCUT2D eigenvalue weighted by atomic mass is 10.1. The molecule has 0 aromatic heterocycles. The lowest BCUT2D eigenvalue weighted by Gasteiger charge is -2.22. The Balaban J connectivity index is 1.78. The zero-order valence-corrected chi connectivity index (χ0v) is 13.1. The van der Waals surface area contributed by atoms with Crippen LogP contribution in [0.25, 0.3) is 0 Å². The van der Waals surface area contributed by atoms with Gasteiger partial charge < -0.3 is 19.8 Å². The quantitative estimate of drug-likeness (QED) is 0.850. The fraction of sp³-hybridized carbons (Fsp3) is 0.500. The molecule has 6 nitrogen and oxygen atoms in total. The Labute approximate surface area is 130 Å². The third kappa shape index (κ3) is 3.98. The molecular weight excluding hydrogens is 282 g/mol. The summed E-state index contributed by atoms with van der Waals surface area (Å²) in [5.41, 5.74) is 0.847. The van der Waals surface area contributed by atoms with Crippen LogP contribution in [0.15, 0.2) is 30.3 Å². The summed E-state index contributed by atoms with van der Waals surface area (Å²) in [5.74, 6) is -0.107. The van der Waals surface area contributed by atoms with Crippen molar-refractivity contribution in [2.24, 2.45) is 0 Å². The van der Waals surface area contributed by atoms with E-state index in [0.717, 1.165) is 5.56 Å². The Morgan fingerprint density at radius 3 is 2.59 bits per heavy atom. The summed E-state index contributed by atoms with van der Waals surface area (Å²) >= 11 is 0. The van der Waals surface area contributed by atoms with Crippen molar-refractivity contribution in [2.75, 3.05) is 40.3 Å². The largest absolute Gasteiger partial charge is 0.388 e. The fourth-order valence-electron chi connectivity index (χ4n) is 2.42. The first-order chi connectivity index (χ1) is 10.5. The van der Waals surface area contributed by atoms with Crippen molar-refractivity contribution in [3.8, 4) is 0 Å². The highest BCUT2D eigenvalue weighted by atomic mass is 16.3. The lowest BCUT2D eigenvalue weighted by molar-refractivity contribution is -0.130. The van der Waals surface area contributed by atoms with Crippen molar-refractivity contribution in [1.82, 2.24) is 14.7 Å². The number of benzene rings is 1. The van der Waals surface area contributed by atoms with Crippen molar-refractivity contribution < 1.29 is 14.7 Å². The van der Waals surface area contributed by atoms with Gasteiger partial charge in [0.25, 0.3) is 0 Å². The maximum Gasteiger partial charge on any atom is 0.320 e. The van der Waals surface area contributed by atoms with Crippen LogP contribution in [-0.2, 0) is 4.79 Å². The molecule has 22 heavy (non-hydrogen) atoms. The molecule has 120 valence electrons. The van der Waals surface area contributed by atoms with E-state index >= 15 is 0 Å². The number of likely N-dealkylation sites (N-methyl/N-ethyl adjacent to an activating group) is 2. The molecule has 3 amide bonds. The molecule has 1 aromatic rings. The molecule has 0 saturated carbocycles. The molecule has 1 aromatic carbocycles. The Morgan fingerprint density at radius 1 is 1.32 bits per heavy atom. The summed E-state index contributed by atoms with van der Waals surface area (Å²) in [6, 6.07) is 9.28. The molecule has 0 bridgehead atoms. The van der Waals surface area contributed by atoms with Gasteiger partial charge in [0.15, 0.2) is 0 Å². The van der Waals surface area contributed by atoms with E-state index in [4.69, 9.17) is 0 Å². The second-order valence-electron chi connectivity index (χ2n) is 5.66. The molecular formula is C16H23N3O3. The zero-order valence-electron chi connectivity index (χ0n) is 13.1. The minimum atomic E-state index is -0.587. The molecule has 0 unspecified atom stereocenters. The van der Waals surface area contributed by atoms with Crippen molar-refractivity contribution >= 4 is 11.9 Å². The Hall–Kier alpha value is -2.08. The standard InChI is InChI=1S/C16H23N3O3/c1-17(9-8-14(20)13-6-4-3-5-7-13)15(21)12-19-11-10-18(2)16(19)22/h3-7,14,20H,8-12H2,1-2H3/t14-/m0/s1. The normalized spacial score (nSPS) is 16.0. The van der Waals surface area contributed by atoms with Gasteiger partial charge in [0.05, 0.1) is 6.10 Å². The summed E-state index contributed by atoms with van der Waals surface area (Å²) in [5, 5.41) is 10.1. The second kappa shape index (κ2) is 7.26. The van der Waals surface area contributed by atoms with Crippen molar-refractivity contribution in [3.63, 3.8) is 0 Å². The number of hydrogen-bond donors (Lipinski definition) is 1. The van der Waals surface area contributed by atoms with Crippen LogP contribution >= 0.6 is 0 Å². The summed E-state index contributed by atoms with van der Waals surface area (Å²) < 4.78 is 0. The maximum atomic E-state index is 12.1. The average Bonchev–Trinajstić information content (AvgIpc) is 2.85. The molecule has 1 N–H and O–H groups in total. The van der Waals surface area contributed by atoms with Crippen LogP contribution in [0.5, 0.6) is 0 Å². The van der Waals surface area contributed by atoms with Gasteiger partial charge in [0.1, 0.15) is 6.54 Å². The monoisotopic (exact) mass is 305 g/mol. The highest BCUT2D eigenvalue weighted by Crippen LogP contribution is 2.16. The minimum absolute atomic E-state index is 0.0983. The summed E-state index contributed by atoms with van der Waals surface area (Å²) in [6.07, 6.45) is -0.115. The SMILES string of the molecule is CN(CC[C@H](O)c1ccccc1)C(=O)CN1CCN(C)C1=O. The number of carbonyl (C=O) groups excluding carboxylic acids is 2. The molecule has 1 heterocycles. The molecule has 1 atom stereocenters. The maximum absolute atomic E-state index is 12.1. The molecule has 1 saturated heterocycles. The third-order valence-electron chi connectivity index (χ3n) is 3.98. The van der Waals surface area contributed by atoms with E-state index in [1.807, 2.05) is 30.3 Å². The molecule has 6 heteroatoms. The van der Waals surface area contributed by atoms with E-state index in [1.54, 1.807) is 28.8 Å². The number of nitrogens with zero attached hydrogens (tertiary/aromatic N) is 3. The minimum Gasteiger partial charge on any atom is -0.388 e. The zero-order chi connectivity index (χ0) is 16.1. The van der Waals surface area contributed by atoms with Crippen LogP contribution < -0.4 is 0 Å². The van der Waals surface area contributed by atoms with Gasteiger partial charge in [0, 0.05) is 33.7 Å². The summed E-state index contributed by atoms with van der Waals surface area (Å²) in [6.45, 7) is 1.79. The van der Waals surface area contributed by atoms with E-state index in [9.17, 15) is 14.7 Å². The highest BCUT2D eigenvalue weighted by Gasteiger charge is 2.27. The molecule has 0 radical (unpaired) electrons. The van der Waals surface area contributed by atoms with Gasteiger partial charge in [0.2, 0.25) is 5.91 Å². The van der Waals surface area contributed by atoms with Gasteiger partial charge in [-0.15, -0.1) is 0 Å². The van der Waals surface area contributed by atoms with E-state index in [-0.39, 0.29) is 18.5 Å². The molecule has 0 spiro atoms. The molecule has 1 fully saturated rings. The van der Waals surface area contributed by atoms with Crippen LogP contribution in [0.1, 0.15) is 18.1 Å². The summed E-state index contributed by atoms with van der Waals surface area (Å²) in [4.78, 5) is 28.6. The first-order valence-electron chi connectivity index (χ1n) is 7.46. The average molecular weight is 305 g/mol. The first kappa shape index (κ1) is 16.3. The number of aliphatic hydroxyl groups excluding tert-OH is 1. The predicted molar refractivity (Wildman–Crippen MR) is 83.3 cm³/mol. The number of urea groups is 1. The smallest absolute Gasteiger partial charge is 0.320 e. The number of rotatable bonds is 6. The van der Waals surface area contributed by atoms with Gasteiger partial charge in [-0.3, -0.25) is 4.79 Å². The number of aliphatic hydroxyl groups is 1. The van der Waals surface area contributed by atoms with E-state index < -0.39 is 6.10 Å². The second-order valence-corrected chi connectivity index (χ2v) is 5.66. The van der Waals surface area contributed by atoms with Gasteiger partial charge in [-0.05, 0) is 12.0 Å². The van der Waals surface area contributed by atoms with E-state index in [2.05, 4.69) is 0 Å². The third-order valence-corrected chi connectivity index (χ3v) is 3.98. The fourth-order valence-corrected chi connectivity index (χ4v) is 2.42. The topological polar surface area (TPSA) is 64.1 Å².